The summed E-state index contributed by atoms with van der Waals surface area (Å²) in [5, 5.41) is 19.0. The van der Waals surface area contributed by atoms with Gasteiger partial charge in [0.1, 0.15) is 0 Å². The van der Waals surface area contributed by atoms with Crippen molar-refractivity contribution in [2.45, 2.75) is 58.5 Å². The van der Waals surface area contributed by atoms with Gasteiger partial charge in [0.15, 0.2) is 0 Å². The minimum Gasteiger partial charge on any atom is -0.393 e. The van der Waals surface area contributed by atoms with Crippen LogP contribution in [0.4, 0.5) is 0 Å². The number of benzene rings is 1. The van der Waals surface area contributed by atoms with Crippen molar-refractivity contribution in [3.8, 4) is 6.07 Å². The number of allylic oxidation sites excluding steroid dienone is 3. The molecule has 1 N–H and O–H groups in total. The van der Waals surface area contributed by atoms with E-state index in [0.29, 0.717) is 0 Å². The molecule has 0 saturated heterocycles. The lowest BCUT2D eigenvalue weighted by molar-refractivity contribution is 0.186. The summed E-state index contributed by atoms with van der Waals surface area (Å²) >= 11 is 0. The van der Waals surface area contributed by atoms with E-state index in [1.165, 1.54) is 27.8 Å². The fraction of sp³-hybridized carbons (Fsp3) is 0.450. The Hall–Kier alpha value is -1.85. The number of hydrogen-bond donors (Lipinski definition) is 1. The summed E-state index contributed by atoms with van der Waals surface area (Å²) in [6.45, 7) is 4.16. The molecule has 2 heteroatoms. The van der Waals surface area contributed by atoms with Crippen LogP contribution in [-0.2, 0) is 6.42 Å². The summed E-state index contributed by atoms with van der Waals surface area (Å²) in [6, 6.07) is 6.53. The molecule has 114 valence electrons. The number of nitriles is 1. The van der Waals surface area contributed by atoms with Gasteiger partial charge in [-0.05, 0) is 80.7 Å². The molecule has 1 fully saturated rings. The summed E-state index contributed by atoms with van der Waals surface area (Å²) < 4.78 is 0. The summed E-state index contributed by atoms with van der Waals surface area (Å²) in [5.41, 5.74) is 8.70. The van der Waals surface area contributed by atoms with E-state index in [-0.39, 0.29) is 6.10 Å². The van der Waals surface area contributed by atoms with Gasteiger partial charge in [-0.15, -0.1) is 0 Å². The van der Waals surface area contributed by atoms with Crippen molar-refractivity contribution >= 4 is 5.57 Å². The fourth-order valence-corrected chi connectivity index (χ4v) is 3.71. The summed E-state index contributed by atoms with van der Waals surface area (Å²) in [7, 11) is 0. The van der Waals surface area contributed by atoms with Gasteiger partial charge in [-0.25, -0.2) is 0 Å². The molecule has 2 aliphatic carbocycles. The van der Waals surface area contributed by atoms with E-state index in [2.05, 4.69) is 25.1 Å². The van der Waals surface area contributed by atoms with Gasteiger partial charge in [0, 0.05) is 0 Å². The van der Waals surface area contributed by atoms with Gasteiger partial charge < -0.3 is 5.11 Å². The lowest BCUT2D eigenvalue weighted by Gasteiger charge is -2.18. The molecule has 22 heavy (non-hydrogen) atoms. The first-order valence-corrected chi connectivity index (χ1v) is 8.17. The first-order valence-electron chi connectivity index (χ1n) is 8.17. The largest absolute Gasteiger partial charge is 0.393 e. The van der Waals surface area contributed by atoms with Crippen molar-refractivity contribution in [1.29, 1.82) is 5.26 Å². The Labute approximate surface area is 132 Å². The minimum absolute atomic E-state index is 0.134. The van der Waals surface area contributed by atoms with Crippen LogP contribution in [0.1, 0.15) is 61.3 Å². The van der Waals surface area contributed by atoms with Gasteiger partial charge in [-0.2, -0.15) is 5.26 Å². The molecule has 0 spiro atoms. The van der Waals surface area contributed by atoms with Crippen LogP contribution in [0.5, 0.6) is 0 Å². The fourth-order valence-electron chi connectivity index (χ4n) is 3.71. The molecule has 0 bridgehead atoms. The maximum absolute atomic E-state index is 9.78. The number of nitrogens with zero attached hydrogens (tertiary/aromatic N) is 1. The molecule has 3 rings (SSSR count). The van der Waals surface area contributed by atoms with E-state index >= 15 is 0 Å². The molecular formula is C20H23NO. The van der Waals surface area contributed by atoms with E-state index in [0.717, 1.165) is 49.7 Å². The molecule has 2 aliphatic rings. The molecule has 1 aromatic rings. The van der Waals surface area contributed by atoms with Gasteiger partial charge >= 0.3 is 0 Å². The molecule has 0 aromatic heterocycles. The van der Waals surface area contributed by atoms with Crippen LogP contribution in [0.2, 0.25) is 0 Å². The predicted octanol–water partition coefficient (Wildman–Crippen LogP) is 4.45. The second kappa shape index (κ2) is 6.10. The highest BCUT2D eigenvalue weighted by Gasteiger charge is 2.21. The second-order valence-electron chi connectivity index (χ2n) is 6.63. The molecular weight excluding hydrogens is 270 g/mol. The Morgan fingerprint density at radius 1 is 1.14 bits per heavy atom. The second-order valence-corrected chi connectivity index (χ2v) is 6.63. The molecule has 0 unspecified atom stereocenters. The maximum Gasteiger partial charge on any atom is 0.0994 e. The third-order valence-corrected chi connectivity index (χ3v) is 5.11. The quantitative estimate of drug-likeness (QED) is 0.718. The van der Waals surface area contributed by atoms with Crippen molar-refractivity contribution in [2.75, 3.05) is 0 Å². The Morgan fingerprint density at radius 3 is 2.64 bits per heavy atom. The lowest BCUT2D eigenvalue weighted by atomic mass is 9.86. The van der Waals surface area contributed by atoms with E-state index < -0.39 is 0 Å². The smallest absolute Gasteiger partial charge is 0.0994 e. The summed E-state index contributed by atoms with van der Waals surface area (Å²) in [4.78, 5) is 0. The third kappa shape index (κ3) is 2.87. The van der Waals surface area contributed by atoms with Crippen LogP contribution in [0, 0.1) is 18.3 Å². The Kier molecular flexibility index (Phi) is 4.18. The average Bonchev–Trinajstić information content (AvgIpc) is 2.91. The Bertz CT molecular complexity index is 703. The van der Waals surface area contributed by atoms with Crippen molar-refractivity contribution in [2.24, 2.45) is 0 Å². The zero-order valence-corrected chi connectivity index (χ0v) is 13.4. The lowest BCUT2D eigenvalue weighted by Crippen LogP contribution is -2.02. The number of aryl methyl sites for hydroxylation is 2. The number of hydrogen-bond acceptors (Lipinski definition) is 2. The SMILES string of the molecule is C/C1=C/C/C(=C2/CC[C@H](O)C2)CCc2cc(C)c(C#N)cc21. The zero-order valence-electron chi connectivity index (χ0n) is 13.4. The van der Waals surface area contributed by atoms with Gasteiger partial charge in [-0.3, -0.25) is 0 Å². The summed E-state index contributed by atoms with van der Waals surface area (Å²) in [5.74, 6) is 0. The van der Waals surface area contributed by atoms with Crippen LogP contribution < -0.4 is 0 Å². The first kappa shape index (κ1) is 15.1. The summed E-state index contributed by atoms with van der Waals surface area (Å²) in [6.07, 6.45) is 8.09. The number of fused-ring (bicyclic) bond motifs is 1. The third-order valence-electron chi connectivity index (χ3n) is 5.11. The molecule has 0 amide bonds. The normalized spacial score (nSPS) is 27.4. The van der Waals surface area contributed by atoms with Crippen LogP contribution in [0.3, 0.4) is 0 Å². The maximum atomic E-state index is 9.78. The van der Waals surface area contributed by atoms with Gasteiger partial charge in [0.25, 0.3) is 0 Å². The molecule has 0 radical (unpaired) electrons. The van der Waals surface area contributed by atoms with Crippen LogP contribution in [-0.4, -0.2) is 11.2 Å². The first-order chi connectivity index (χ1) is 10.6. The molecule has 1 saturated carbocycles. The van der Waals surface area contributed by atoms with Gasteiger partial charge in [0.2, 0.25) is 0 Å². The number of aliphatic hydroxyl groups is 1. The standard InChI is InChI=1S/C20H23NO/c1-13-3-4-15(16-7-8-19(22)10-16)5-6-17-9-14(2)18(12-21)11-20(13)17/h3,9,11,19,22H,4-8,10H2,1-2H3/b13-3-,16-15+/t19-/m0/s1. The van der Waals surface area contributed by atoms with Crippen molar-refractivity contribution in [3.05, 3.63) is 51.6 Å². The number of aliphatic hydroxyl groups excluding tert-OH is 1. The van der Waals surface area contributed by atoms with Crippen LogP contribution in [0.25, 0.3) is 5.57 Å². The molecule has 0 heterocycles. The molecule has 0 aliphatic heterocycles. The topological polar surface area (TPSA) is 44.0 Å². The van der Waals surface area contributed by atoms with Crippen LogP contribution in [0.15, 0.2) is 29.4 Å². The monoisotopic (exact) mass is 293 g/mol. The average molecular weight is 293 g/mol. The van der Waals surface area contributed by atoms with Crippen molar-refractivity contribution in [1.82, 2.24) is 0 Å². The van der Waals surface area contributed by atoms with E-state index in [1.54, 1.807) is 0 Å². The highest BCUT2D eigenvalue weighted by molar-refractivity contribution is 5.69. The Morgan fingerprint density at radius 2 is 1.95 bits per heavy atom. The van der Waals surface area contributed by atoms with Crippen LogP contribution >= 0.6 is 0 Å². The van der Waals surface area contributed by atoms with Gasteiger partial charge in [0.05, 0.1) is 17.7 Å². The minimum atomic E-state index is -0.134. The van der Waals surface area contributed by atoms with E-state index in [1.807, 2.05) is 13.0 Å². The highest BCUT2D eigenvalue weighted by atomic mass is 16.3. The van der Waals surface area contributed by atoms with Gasteiger partial charge in [-0.1, -0.05) is 23.3 Å². The van der Waals surface area contributed by atoms with Crippen molar-refractivity contribution in [3.63, 3.8) is 0 Å². The zero-order chi connectivity index (χ0) is 15.7. The Balaban J connectivity index is 1.98. The highest BCUT2D eigenvalue weighted by Crippen LogP contribution is 2.34. The molecule has 1 atom stereocenters. The predicted molar refractivity (Wildman–Crippen MR) is 89.4 cm³/mol. The van der Waals surface area contributed by atoms with E-state index in [9.17, 15) is 10.4 Å². The number of rotatable bonds is 0. The molecule has 2 nitrogen and oxygen atoms in total. The van der Waals surface area contributed by atoms with E-state index in [4.69, 9.17) is 0 Å². The van der Waals surface area contributed by atoms with Crippen molar-refractivity contribution < 1.29 is 5.11 Å². The molecule has 1 aromatic carbocycles.